The van der Waals surface area contributed by atoms with E-state index in [4.69, 9.17) is 5.73 Å². The summed E-state index contributed by atoms with van der Waals surface area (Å²) >= 11 is 0. The van der Waals surface area contributed by atoms with Gasteiger partial charge < -0.3 is 17.8 Å². The van der Waals surface area contributed by atoms with E-state index in [0.717, 1.165) is 11.1 Å². The van der Waals surface area contributed by atoms with Crippen LogP contribution in [0.3, 0.4) is 0 Å². The van der Waals surface area contributed by atoms with Crippen LogP contribution in [0.5, 0.6) is 0 Å². The van der Waals surface area contributed by atoms with Gasteiger partial charge in [0.25, 0.3) is 0 Å². The van der Waals surface area contributed by atoms with E-state index >= 15 is 0 Å². The molecule has 0 unspecified atom stereocenters. The van der Waals surface area contributed by atoms with Crippen LogP contribution in [0.25, 0.3) is 0 Å². The Labute approximate surface area is 147 Å². The van der Waals surface area contributed by atoms with Gasteiger partial charge in [-0.1, -0.05) is 74.5 Å². The summed E-state index contributed by atoms with van der Waals surface area (Å²) in [6, 6.07) is 18.9. The zero-order valence-electron chi connectivity index (χ0n) is 13.9. The third-order valence-electron chi connectivity index (χ3n) is 3.63. The fraction of sp³-hybridized carbons (Fsp3) is 0.316. The van der Waals surface area contributed by atoms with Crippen molar-refractivity contribution in [2.24, 2.45) is 11.7 Å². The molecule has 2 nitrogen and oxygen atoms in total. The SMILES string of the molecule is CC(C)[C@H](N)C(O)(c1ccccc1)c1ccccc1.[CH2-]C.[Zn]. The molecule has 116 valence electrons. The van der Waals surface area contributed by atoms with Crippen molar-refractivity contribution < 1.29 is 24.6 Å². The molecule has 0 aliphatic rings. The van der Waals surface area contributed by atoms with E-state index < -0.39 is 5.60 Å². The molecule has 0 heterocycles. The van der Waals surface area contributed by atoms with E-state index in [1.807, 2.05) is 74.5 Å². The number of hydrogen-bond donors (Lipinski definition) is 2. The van der Waals surface area contributed by atoms with Gasteiger partial charge in [-0.05, 0) is 17.0 Å². The Kier molecular flexibility index (Phi) is 9.43. The Balaban J connectivity index is 0.00000141. The Bertz CT molecular complexity index is 474. The first-order chi connectivity index (χ1) is 10.1. The molecule has 0 aromatic heterocycles. The predicted octanol–water partition coefficient (Wildman–Crippen LogP) is 3.74. The maximum Gasteiger partial charge on any atom is 0.130 e. The number of nitrogens with two attached hydrogens (primary N) is 1. The molecule has 3 N–H and O–H groups in total. The molecule has 1 atom stereocenters. The van der Waals surface area contributed by atoms with Gasteiger partial charge in [-0.15, -0.1) is 0 Å². The quantitative estimate of drug-likeness (QED) is 0.652. The monoisotopic (exact) mass is 348 g/mol. The second-order valence-electron chi connectivity index (χ2n) is 5.27. The van der Waals surface area contributed by atoms with Gasteiger partial charge in [-0.3, -0.25) is 0 Å². The van der Waals surface area contributed by atoms with Crippen molar-refractivity contribution in [1.29, 1.82) is 0 Å². The number of aliphatic hydroxyl groups is 1. The largest absolute Gasteiger partial charge is 0.379 e. The smallest absolute Gasteiger partial charge is 0.130 e. The molecule has 0 bridgehead atoms. The van der Waals surface area contributed by atoms with E-state index in [1.165, 1.54) is 0 Å². The number of benzene rings is 2. The van der Waals surface area contributed by atoms with Crippen molar-refractivity contribution in [1.82, 2.24) is 0 Å². The molecule has 0 aliphatic carbocycles. The average molecular weight is 350 g/mol. The van der Waals surface area contributed by atoms with Gasteiger partial charge >= 0.3 is 0 Å². The zero-order valence-corrected chi connectivity index (χ0v) is 16.8. The van der Waals surface area contributed by atoms with Crippen molar-refractivity contribution in [3.63, 3.8) is 0 Å². The van der Waals surface area contributed by atoms with Gasteiger partial charge in [0.2, 0.25) is 0 Å². The van der Waals surface area contributed by atoms with Gasteiger partial charge in [0, 0.05) is 25.5 Å². The molecular formula is C19H26NOZn-. The summed E-state index contributed by atoms with van der Waals surface area (Å²) in [5.41, 5.74) is 6.82. The van der Waals surface area contributed by atoms with Gasteiger partial charge in [-0.2, -0.15) is 6.92 Å². The van der Waals surface area contributed by atoms with Crippen molar-refractivity contribution in [3.05, 3.63) is 78.7 Å². The average Bonchev–Trinajstić information content (AvgIpc) is 2.56. The maximum absolute atomic E-state index is 11.3. The van der Waals surface area contributed by atoms with Gasteiger partial charge in [0.05, 0.1) is 0 Å². The Hall–Kier alpha value is -1.02. The van der Waals surface area contributed by atoms with Crippen LogP contribution in [0.4, 0.5) is 0 Å². The molecule has 22 heavy (non-hydrogen) atoms. The standard InChI is InChI=1S/C17H21NO.C2H5.Zn/c1-13(2)16(18)17(19,14-9-5-3-6-10-14)15-11-7-4-8-12-15;1-2;/h3-13,16,19H,18H2,1-2H3;1H2,2H3;/q;-1;/t16-;;/m0../s1. The van der Waals surface area contributed by atoms with E-state index in [9.17, 15) is 5.11 Å². The van der Waals surface area contributed by atoms with E-state index in [1.54, 1.807) is 6.92 Å². The van der Waals surface area contributed by atoms with Crippen LogP contribution in [0.15, 0.2) is 60.7 Å². The van der Waals surface area contributed by atoms with Crippen LogP contribution in [0.1, 0.15) is 31.9 Å². The number of rotatable bonds is 4. The second-order valence-corrected chi connectivity index (χ2v) is 5.27. The zero-order chi connectivity index (χ0) is 15.9. The molecule has 0 saturated heterocycles. The van der Waals surface area contributed by atoms with Gasteiger partial charge in [0.1, 0.15) is 5.60 Å². The summed E-state index contributed by atoms with van der Waals surface area (Å²) in [5, 5.41) is 11.3. The van der Waals surface area contributed by atoms with Crippen molar-refractivity contribution >= 4 is 0 Å². The summed E-state index contributed by atoms with van der Waals surface area (Å²) in [4.78, 5) is 0. The van der Waals surface area contributed by atoms with E-state index in [0.29, 0.717) is 0 Å². The maximum atomic E-state index is 11.3. The summed E-state index contributed by atoms with van der Waals surface area (Å²) in [6.45, 7) is 9.06. The summed E-state index contributed by atoms with van der Waals surface area (Å²) < 4.78 is 0. The molecule has 0 saturated carbocycles. The molecular weight excluding hydrogens is 324 g/mol. The fourth-order valence-corrected chi connectivity index (χ4v) is 2.42. The first-order valence-electron chi connectivity index (χ1n) is 7.36. The minimum atomic E-state index is -1.16. The molecule has 0 fully saturated rings. The topological polar surface area (TPSA) is 46.2 Å². The van der Waals surface area contributed by atoms with Crippen LogP contribution < -0.4 is 5.73 Å². The summed E-state index contributed by atoms with van der Waals surface area (Å²) in [7, 11) is 0. The van der Waals surface area contributed by atoms with Crippen LogP contribution in [-0.4, -0.2) is 11.1 Å². The molecule has 2 aromatic rings. The Morgan fingerprint density at radius 1 is 0.864 bits per heavy atom. The Morgan fingerprint density at radius 2 is 1.18 bits per heavy atom. The van der Waals surface area contributed by atoms with E-state index in [-0.39, 0.29) is 31.4 Å². The molecule has 2 aromatic carbocycles. The predicted molar refractivity (Wildman–Crippen MR) is 89.7 cm³/mol. The third kappa shape index (κ3) is 4.49. The van der Waals surface area contributed by atoms with Crippen molar-refractivity contribution in [2.45, 2.75) is 32.4 Å². The van der Waals surface area contributed by atoms with Crippen LogP contribution >= 0.6 is 0 Å². The van der Waals surface area contributed by atoms with Gasteiger partial charge in [-0.25, -0.2) is 0 Å². The molecule has 3 heteroatoms. The fourth-order valence-electron chi connectivity index (χ4n) is 2.42. The minimum absolute atomic E-state index is 0. The van der Waals surface area contributed by atoms with Gasteiger partial charge in [0.15, 0.2) is 0 Å². The molecule has 2 rings (SSSR count). The van der Waals surface area contributed by atoms with Crippen molar-refractivity contribution in [2.75, 3.05) is 0 Å². The second kappa shape index (κ2) is 9.89. The number of hydrogen-bond acceptors (Lipinski definition) is 2. The summed E-state index contributed by atoms with van der Waals surface area (Å²) in [6.07, 6.45) is 0. The van der Waals surface area contributed by atoms with Crippen LogP contribution in [0, 0.1) is 12.8 Å². The normalized spacial score (nSPS) is 12.0. The van der Waals surface area contributed by atoms with Crippen molar-refractivity contribution in [3.8, 4) is 0 Å². The summed E-state index contributed by atoms with van der Waals surface area (Å²) in [5.74, 6) is 0.172. The Morgan fingerprint density at radius 3 is 1.45 bits per heavy atom. The van der Waals surface area contributed by atoms with E-state index in [2.05, 4.69) is 6.92 Å². The van der Waals surface area contributed by atoms with Crippen LogP contribution in [0.2, 0.25) is 0 Å². The van der Waals surface area contributed by atoms with Crippen LogP contribution in [-0.2, 0) is 25.1 Å². The molecule has 0 spiro atoms. The first kappa shape index (κ1) is 21.0. The molecule has 0 radical (unpaired) electrons. The molecule has 0 aliphatic heterocycles. The molecule has 0 amide bonds. The third-order valence-corrected chi connectivity index (χ3v) is 3.63. The minimum Gasteiger partial charge on any atom is -0.379 e. The first-order valence-corrected chi connectivity index (χ1v) is 7.36.